The maximum Gasteiger partial charge on any atom is 0.330 e. The van der Waals surface area contributed by atoms with Crippen molar-refractivity contribution in [3.05, 3.63) is 42.0 Å². The summed E-state index contributed by atoms with van der Waals surface area (Å²) in [4.78, 5) is 35.0. The van der Waals surface area contributed by atoms with Crippen LogP contribution in [0.1, 0.15) is 31.1 Å². The SMILES string of the molecule is CCOC(=O)C=CC(=O)Nc1ccccc1C(=O)NC(C)C. The smallest absolute Gasteiger partial charge is 0.330 e. The third-order valence-corrected chi connectivity index (χ3v) is 2.51. The van der Waals surface area contributed by atoms with Gasteiger partial charge in [-0.2, -0.15) is 0 Å². The second kappa shape index (κ2) is 8.61. The van der Waals surface area contributed by atoms with Crippen LogP contribution in [0.3, 0.4) is 0 Å². The Morgan fingerprint density at radius 1 is 1.18 bits per heavy atom. The number of carbonyl (C=O) groups is 3. The molecule has 0 radical (unpaired) electrons. The Balaban J connectivity index is 2.79. The van der Waals surface area contributed by atoms with Gasteiger partial charge >= 0.3 is 5.97 Å². The summed E-state index contributed by atoms with van der Waals surface area (Å²) in [7, 11) is 0. The molecule has 2 N–H and O–H groups in total. The van der Waals surface area contributed by atoms with Gasteiger partial charge in [-0.05, 0) is 32.9 Å². The van der Waals surface area contributed by atoms with Gasteiger partial charge in [0.25, 0.3) is 5.91 Å². The minimum Gasteiger partial charge on any atom is -0.463 e. The van der Waals surface area contributed by atoms with Gasteiger partial charge in [-0.15, -0.1) is 0 Å². The van der Waals surface area contributed by atoms with Gasteiger partial charge in [0, 0.05) is 18.2 Å². The Kier molecular flexibility index (Phi) is 6.82. The average molecular weight is 304 g/mol. The second-order valence-electron chi connectivity index (χ2n) is 4.75. The number of hydrogen-bond donors (Lipinski definition) is 2. The number of nitrogens with one attached hydrogen (secondary N) is 2. The van der Waals surface area contributed by atoms with Gasteiger partial charge in [0.15, 0.2) is 0 Å². The largest absolute Gasteiger partial charge is 0.463 e. The minimum atomic E-state index is -0.594. The maximum absolute atomic E-state index is 12.1. The van der Waals surface area contributed by atoms with Gasteiger partial charge in [0.05, 0.1) is 17.9 Å². The Morgan fingerprint density at radius 2 is 1.86 bits per heavy atom. The summed E-state index contributed by atoms with van der Waals surface area (Å²) >= 11 is 0. The van der Waals surface area contributed by atoms with E-state index in [1.807, 2.05) is 13.8 Å². The van der Waals surface area contributed by atoms with Crippen molar-refractivity contribution >= 4 is 23.5 Å². The molecule has 1 aromatic rings. The number of hydrogen-bond acceptors (Lipinski definition) is 4. The molecule has 0 heterocycles. The van der Waals surface area contributed by atoms with Crippen LogP contribution >= 0.6 is 0 Å². The number of benzene rings is 1. The molecule has 0 saturated carbocycles. The summed E-state index contributed by atoms with van der Waals surface area (Å²) in [5.41, 5.74) is 0.730. The lowest BCUT2D eigenvalue weighted by atomic mass is 10.1. The number of ether oxygens (including phenoxy) is 1. The highest BCUT2D eigenvalue weighted by molar-refractivity contribution is 6.07. The van der Waals surface area contributed by atoms with Crippen molar-refractivity contribution in [2.24, 2.45) is 0 Å². The van der Waals surface area contributed by atoms with Crippen LogP contribution in [-0.4, -0.2) is 30.4 Å². The molecule has 0 aliphatic heterocycles. The molecule has 22 heavy (non-hydrogen) atoms. The predicted octanol–water partition coefficient (Wildman–Crippen LogP) is 1.88. The summed E-state index contributed by atoms with van der Waals surface area (Å²) in [6.45, 7) is 5.61. The molecule has 0 saturated heterocycles. The summed E-state index contributed by atoms with van der Waals surface area (Å²) < 4.78 is 4.68. The molecular weight excluding hydrogens is 284 g/mol. The van der Waals surface area contributed by atoms with E-state index in [-0.39, 0.29) is 18.6 Å². The number of carbonyl (C=O) groups excluding carboxylic acids is 3. The van der Waals surface area contributed by atoms with Crippen LogP contribution in [0.15, 0.2) is 36.4 Å². The van der Waals surface area contributed by atoms with Gasteiger partial charge in [-0.3, -0.25) is 9.59 Å². The van der Waals surface area contributed by atoms with Crippen LogP contribution in [0.2, 0.25) is 0 Å². The average Bonchev–Trinajstić information content (AvgIpc) is 2.45. The lowest BCUT2D eigenvalue weighted by Crippen LogP contribution is -2.30. The van der Waals surface area contributed by atoms with E-state index in [4.69, 9.17) is 0 Å². The highest BCUT2D eigenvalue weighted by Gasteiger charge is 2.12. The lowest BCUT2D eigenvalue weighted by Gasteiger charge is -2.12. The Bertz CT molecular complexity index is 579. The zero-order chi connectivity index (χ0) is 16.5. The molecule has 6 nitrogen and oxygen atoms in total. The topological polar surface area (TPSA) is 84.5 Å². The monoisotopic (exact) mass is 304 g/mol. The van der Waals surface area contributed by atoms with E-state index in [1.54, 1.807) is 31.2 Å². The molecule has 0 bridgehead atoms. The first-order valence-electron chi connectivity index (χ1n) is 6.99. The van der Waals surface area contributed by atoms with Gasteiger partial charge in [-0.1, -0.05) is 12.1 Å². The molecule has 2 amide bonds. The van der Waals surface area contributed by atoms with Crippen LogP contribution in [0.4, 0.5) is 5.69 Å². The van der Waals surface area contributed by atoms with Gasteiger partial charge in [0.1, 0.15) is 0 Å². The van der Waals surface area contributed by atoms with Crippen molar-refractivity contribution in [3.63, 3.8) is 0 Å². The van der Waals surface area contributed by atoms with Gasteiger partial charge in [-0.25, -0.2) is 4.79 Å². The molecule has 0 unspecified atom stereocenters. The van der Waals surface area contributed by atoms with E-state index in [0.29, 0.717) is 11.3 Å². The van der Waals surface area contributed by atoms with E-state index in [1.165, 1.54) is 0 Å². The first-order chi connectivity index (χ1) is 10.4. The number of esters is 1. The quantitative estimate of drug-likeness (QED) is 0.621. The minimum absolute atomic E-state index is 0.0139. The predicted molar refractivity (Wildman–Crippen MR) is 83.4 cm³/mol. The Labute approximate surface area is 129 Å². The van der Waals surface area contributed by atoms with Crippen molar-refractivity contribution in [1.82, 2.24) is 5.32 Å². The van der Waals surface area contributed by atoms with E-state index < -0.39 is 11.9 Å². The molecule has 0 aliphatic carbocycles. The fraction of sp³-hybridized carbons (Fsp3) is 0.312. The molecule has 0 aliphatic rings. The maximum atomic E-state index is 12.1. The third-order valence-electron chi connectivity index (χ3n) is 2.51. The van der Waals surface area contributed by atoms with Crippen LogP contribution in [0.25, 0.3) is 0 Å². The zero-order valence-corrected chi connectivity index (χ0v) is 12.9. The molecule has 1 aromatic carbocycles. The second-order valence-corrected chi connectivity index (χ2v) is 4.75. The molecule has 0 aromatic heterocycles. The third kappa shape index (κ3) is 5.78. The van der Waals surface area contributed by atoms with E-state index in [9.17, 15) is 14.4 Å². The van der Waals surface area contributed by atoms with Gasteiger partial charge < -0.3 is 15.4 Å². The standard InChI is InChI=1S/C16H20N2O4/c1-4-22-15(20)10-9-14(19)18-13-8-6-5-7-12(13)16(21)17-11(2)3/h5-11H,4H2,1-3H3,(H,17,21)(H,18,19). The van der Waals surface area contributed by atoms with E-state index in [2.05, 4.69) is 15.4 Å². The summed E-state index contributed by atoms with van der Waals surface area (Å²) in [6, 6.07) is 6.63. The number of para-hydroxylation sites is 1. The normalized spacial score (nSPS) is 10.5. The van der Waals surface area contributed by atoms with Crippen molar-refractivity contribution in [2.45, 2.75) is 26.8 Å². The van der Waals surface area contributed by atoms with Crippen molar-refractivity contribution in [2.75, 3.05) is 11.9 Å². The fourth-order valence-corrected chi connectivity index (χ4v) is 1.64. The van der Waals surface area contributed by atoms with Crippen molar-refractivity contribution < 1.29 is 19.1 Å². The van der Waals surface area contributed by atoms with E-state index >= 15 is 0 Å². The number of amides is 2. The van der Waals surface area contributed by atoms with Crippen LogP contribution in [-0.2, 0) is 14.3 Å². The molecule has 6 heteroatoms. The fourth-order valence-electron chi connectivity index (χ4n) is 1.64. The zero-order valence-electron chi connectivity index (χ0n) is 12.9. The lowest BCUT2D eigenvalue weighted by molar-refractivity contribution is -0.137. The molecule has 118 valence electrons. The van der Waals surface area contributed by atoms with Crippen molar-refractivity contribution in [3.8, 4) is 0 Å². The molecule has 0 atom stereocenters. The Hall–Kier alpha value is -2.63. The van der Waals surface area contributed by atoms with Crippen molar-refractivity contribution in [1.29, 1.82) is 0 Å². The highest BCUT2D eigenvalue weighted by Crippen LogP contribution is 2.15. The Morgan fingerprint density at radius 3 is 2.50 bits per heavy atom. The van der Waals surface area contributed by atoms with Crippen LogP contribution in [0.5, 0.6) is 0 Å². The first kappa shape index (κ1) is 17.4. The molecular formula is C16H20N2O4. The number of rotatable bonds is 6. The summed E-state index contributed by atoms with van der Waals surface area (Å²) in [5, 5.41) is 5.33. The van der Waals surface area contributed by atoms with Crippen LogP contribution in [0, 0.1) is 0 Å². The van der Waals surface area contributed by atoms with Crippen LogP contribution < -0.4 is 10.6 Å². The summed E-state index contributed by atoms with van der Waals surface area (Å²) in [5.74, 6) is -1.39. The summed E-state index contributed by atoms with van der Waals surface area (Å²) in [6.07, 6.45) is 2.10. The molecule has 0 spiro atoms. The number of anilines is 1. The van der Waals surface area contributed by atoms with Gasteiger partial charge in [0.2, 0.25) is 5.91 Å². The van der Waals surface area contributed by atoms with E-state index in [0.717, 1.165) is 12.2 Å². The molecule has 1 rings (SSSR count). The first-order valence-corrected chi connectivity index (χ1v) is 6.99. The molecule has 0 fully saturated rings. The highest BCUT2D eigenvalue weighted by atomic mass is 16.5.